The van der Waals surface area contributed by atoms with Gasteiger partial charge in [-0.1, -0.05) is 121 Å². The number of hydrogen-bond acceptors (Lipinski definition) is 2. The van der Waals surface area contributed by atoms with E-state index in [2.05, 4.69) is 191 Å². The van der Waals surface area contributed by atoms with Crippen LogP contribution in [0.1, 0.15) is 0 Å². The standard InChI is InChI=1S/C46H30N2S/c1-3-14-34(15-4-1)47(41-20-11-13-32-12-7-8-18-37(32)41)36-25-22-31(23-26-36)33-24-27-40-43(30-33)48(35-16-5-2-6-17-35)42-29-28-39-38-19-9-10-21-44(38)49-46(39)45(40)42/h1-30H. The fourth-order valence-electron chi connectivity index (χ4n) is 7.53. The summed E-state index contributed by atoms with van der Waals surface area (Å²) >= 11 is 1.90. The van der Waals surface area contributed by atoms with Gasteiger partial charge in [-0.25, -0.2) is 0 Å². The summed E-state index contributed by atoms with van der Waals surface area (Å²) in [5.41, 5.74) is 9.43. The molecule has 3 heteroatoms. The van der Waals surface area contributed by atoms with Crippen LogP contribution < -0.4 is 4.90 Å². The molecule has 49 heavy (non-hydrogen) atoms. The zero-order valence-electron chi connectivity index (χ0n) is 26.6. The van der Waals surface area contributed by atoms with E-state index in [1.807, 2.05) is 11.3 Å². The van der Waals surface area contributed by atoms with E-state index in [4.69, 9.17) is 0 Å². The van der Waals surface area contributed by atoms with Gasteiger partial charge in [0.15, 0.2) is 0 Å². The molecule has 0 bridgehead atoms. The molecule has 2 aromatic heterocycles. The van der Waals surface area contributed by atoms with E-state index in [9.17, 15) is 0 Å². The topological polar surface area (TPSA) is 8.17 Å². The fraction of sp³-hybridized carbons (Fsp3) is 0. The quantitative estimate of drug-likeness (QED) is 0.181. The molecule has 10 rings (SSSR count). The van der Waals surface area contributed by atoms with Gasteiger partial charge in [-0.15, -0.1) is 11.3 Å². The highest BCUT2D eigenvalue weighted by Crippen LogP contribution is 2.44. The van der Waals surface area contributed by atoms with E-state index in [1.54, 1.807) is 0 Å². The summed E-state index contributed by atoms with van der Waals surface area (Å²) in [6.45, 7) is 0. The van der Waals surface area contributed by atoms with Gasteiger partial charge in [-0.3, -0.25) is 0 Å². The predicted molar refractivity (Wildman–Crippen MR) is 211 cm³/mol. The van der Waals surface area contributed by atoms with Gasteiger partial charge < -0.3 is 9.47 Å². The highest BCUT2D eigenvalue weighted by atomic mass is 32.1. The van der Waals surface area contributed by atoms with Crippen molar-refractivity contribution in [1.82, 2.24) is 4.57 Å². The number of thiophene rings is 1. The Kier molecular flexibility index (Phi) is 6.39. The molecule has 2 heterocycles. The van der Waals surface area contributed by atoms with Gasteiger partial charge in [0, 0.05) is 53.4 Å². The minimum atomic E-state index is 1.12. The van der Waals surface area contributed by atoms with Crippen LogP contribution in [-0.4, -0.2) is 4.57 Å². The molecule has 10 aromatic rings. The van der Waals surface area contributed by atoms with Crippen molar-refractivity contribution in [1.29, 1.82) is 0 Å². The fourth-order valence-corrected chi connectivity index (χ4v) is 8.79. The average Bonchev–Trinajstić information content (AvgIpc) is 3.71. The average molecular weight is 643 g/mol. The Balaban J connectivity index is 1.14. The maximum Gasteiger partial charge on any atom is 0.0555 e. The minimum absolute atomic E-state index is 1.12. The zero-order valence-corrected chi connectivity index (χ0v) is 27.4. The summed E-state index contributed by atoms with van der Waals surface area (Å²) < 4.78 is 5.12. The Morgan fingerprint density at radius 3 is 1.92 bits per heavy atom. The molecule has 2 nitrogen and oxygen atoms in total. The molecule has 0 aliphatic carbocycles. The van der Waals surface area contributed by atoms with Crippen molar-refractivity contribution in [3.8, 4) is 16.8 Å². The number of benzene rings is 8. The molecule has 0 radical (unpaired) electrons. The van der Waals surface area contributed by atoms with Gasteiger partial charge in [0.05, 0.1) is 16.7 Å². The third-order valence-corrected chi connectivity index (χ3v) is 11.0. The smallest absolute Gasteiger partial charge is 0.0555 e. The summed E-state index contributed by atoms with van der Waals surface area (Å²) in [6.07, 6.45) is 0. The van der Waals surface area contributed by atoms with Crippen molar-refractivity contribution < 1.29 is 0 Å². The van der Waals surface area contributed by atoms with Crippen molar-refractivity contribution in [3.05, 3.63) is 182 Å². The van der Waals surface area contributed by atoms with Crippen LogP contribution in [-0.2, 0) is 0 Å². The van der Waals surface area contributed by atoms with Crippen molar-refractivity contribution >= 4 is 81.1 Å². The normalized spacial score (nSPS) is 11.7. The first-order valence-electron chi connectivity index (χ1n) is 16.7. The molecular formula is C46H30N2S. The third kappa shape index (κ3) is 4.47. The summed E-state index contributed by atoms with van der Waals surface area (Å²) in [4.78, 5) is 2.36. The molecule has 0 saturated carbocycles. The molecule has 0 fully saturated rings. The Hall–Kier alpha value is -6.16. The first kappa shape index (κ1) is 27.9. The number of fused-ring (bicyclic) bond motifs is 8. The predicted octanol–water partition coefficient (Wildman–Crippen LogP) is 13.4. The number of para-hydroxylation sites is 2. The Labute approximate surface area is 288 Å². The van der Waals surface area contributed by atoms with Gasteiger partial charge in [0.25, 0.3) is 0 Å². The number of aromatic nitrogens is 1. The first-order valence-corrected chi connectivity index (χ1v) is 17.5. The second-order valence-electron chi connectivity index (χ2n) is 12.6. The highest BCUT2D eigenvalue weighted by molar-refractivity contribution is 7.26. The van der Waals surface area contributed by atoms with E-state index < -0.39 is 0 Å². The Bertz CT molecular complexity index is 2810. The van der Waals surface area contributed by atoms with Crippen molar-refractivity contribution in [2.24, 2.45) is 0 Å². The number of rotatable bonds is 5. The molecule has 0 amide bonds. The molecular weight excluding hydrogens is 613 g/mol. The monoisotopic (exact) mass is 642 g/mol. The van der Waals surface area contributed by atoms with Gasteiger partial charge in [-0.2, -0.15) is 0 Å². The molecule has 0 aliphatic rings. The van der Waals surface area contributed by atoms with Crippen LogP contribution in [0.4, 0.5) is 17.1 Å². The van der Waals surface area contributed by atoms with Gasteiger partial charge in [0.1, 0.15) is 0 Å². The SMILES string of the molecule is c1ccc(N(c2ccc(-c3ccc4c5c6sc7ccccc7c6ccc5n(-c5ccccc5)c4c3)cc2)c2cccc3ccccc23)cc1. The molecule has 0 aliphatic heterocycles. The van der Waals surface area contributed by atoms with Crippen LogP contribution in [0.25, 0.3) is 69.6 Å². The van der Waals surface area contributed by atoms with E-state index in [-0.39, 0.29) is 0 Å². The van der Waals surface area contributed by atoms with E-state index in [0.717, 1.165) is 11.4 Å². The number of anilines is 3. The van der Waals surface area contributed by atoms with Crippen LogP contribution >= 0.6 is 11.3 Å². The molecule has 0 unspecified atom stereocenters. The van der Waals surface area contributed by atoms with Crippen LogP contribution in [0, 0.1) is 0 Å². The molecule has 230 valence electrons. The molecule has 0 N–H and O–H groups in total. The first-order chi connectivity index (χ1) is 24.3. The van der Waals surface area contributed by atoms with Crippen molar-refractivity contribution in [2.75, 3.05) is 4.90 Å². The van der Waals surface area contributed by atoms with Crippen LogP contribution in [0.5, 0.6) is 0 Å². The maximum absolute atomic E-state index is 2.43. The molecule has 0 atom stereocenters. The van der Waals surface area contributed by atoms with Crippen molar-refractivity contribution in [2.45, 2.75) is 0 Å². The van der Waals surface area contributed by atoms with E-state index >= 15 is 0 Å². The second-order valence-corrected chi connectivity index (χ2v) is 13.6. The van der Waals surface area contributed by atoms with E-state index in [1.165, 1.54) is 75.3 Å². The number of hydrogen-bond donors (Lipinski definition) is 0. The lowest BCUT2D eigenvalue weighted by atomic mass is 10.0. The van der Waals surface area contributed by atoms with Crippen molar-refractivity contribution in [3.63, 3.8) is 0 Å². The van der Waals surface area contributed by atoms with Crippen LogP contribution in [0.15, 0.2) is 182 Å². The molecule has 0 spiro atoms. The van der Waals surface area contributed by atoms with Crippen LogP contribution in [0.2, 0.25) is 0 Å². The van der Waals surface area contributed by atoms with Gasteiger partial charge >= 0.3 is 0 Å². The maximum atomic E-state index is 2.43. The lowest BCUT2D eigenvalue weighted by Gasteiger charge is -2.27. The third-order valence-electron chi connectivity index (χ3n) is 9.77. The lowest BCUT2D eigenvalue weighted by molar-refractivity contribution is 1.18. The zero-order chi connectivity index (χ0) is 32.3. The Morgan fingerprint density at radius 2 is 1.08 bits per heavy atom. The summed E-state index contributed by atoms with van der Waals surface area (Å²) in [7, 11) is 0. The van der Waals surface area contributed by atoms with E-state index in [0.29, 0.717) is 0 Å². The Morgan fingerprint density at radius 1 is 0.429 bits per heavy atom. The molecule has 0 saturated heterocycles. The highest BCUT2D eigenvalue weighted by Gasteiger charge is 2.19. The van der Waals surface area contributed by atoms with Gasteiger partial charge in [-0.05, 0) is 77.2 Å². The van der Waals surface area contributed by atoms with Crippen LogP contribution in [0.3, 0.4) is 0 Å². The summed E-state index contributed by atoms with van der Waals surface area (Å²) in [5, 5.41) is 7.72. The molecule has 8 aromatic carbocycles. The number of nitrogens with zero attached hydrogens (tertiary/aromatic N) is 2. The lowest BCUT2D eigenvalue weighted by Crippen LogP contribution is -2.10. The summed E-state index contributed by atoms with van der Waals surface area (Å²) in [6, 6.07) is 66.0. The second kappa shape index (κ2) is 11.2. The summed E-state index contributed by atoms with van der Waals surface area (Å²) in [5.74, 6) is 0. The largest absolute Gasteiger partial charge is 0.310 e. The minimum Gasteiger partial charge on any atom is -0.310 e. The van der Waals surface area contributed by atoms with Gasteiger partial charge in [0.2, 0.25) is 0 Å².